The molecule has 1 saturated heterocycles. The summed E-state index contributed by atoms with van der Waals surface area (Å²) in [5.41, 5.74) is 4.16. The number of amides is 1. The number of pyridine rings is 1. The van der Waals surface area contributed by atoms with Crippen molar-refractivity contribution in [2.75, 3.05) is 38.2 Å². The highest BCUT2D eigenvalue weighted by atomic mass is 35.5. The molecule has 0 N–H and O–H groups in total. The van der Waals surface area contributed by atoms with Gasteiger partial charge in [0.15, 0.2) is 0 Å². The van der Waals surface area contributed by atoms with Gasteiger partial charge >= 0.3 is 0 Å². The number of fused-ring (bicyclic) bond motifs is 1. The minimum absolute atomic E-state index is 0.0470. The van der Waals surface area contributed by atoms with Crippen molar-refractivity contribution in [1.29, 1.82) is 0 Å². The first-order valence-electron chi connectivity index (χ1n) is 10.7. The van der Waals surface area contributed by atoms with Crippen molar-refractivity contribution in [3.8, 4) is 17.0 Å². The van der Waals surface area contributed by atoms with Crippen molar-refractivity contribution < 1.29 is 14.1 Å². The molecule has 0 aliphatic carbocycles. The van der Waals surface area contributed by atoms with Crippen molar-refractivity contribution in [2.45, 2.75) is 6.92 Å². The highest BCUT2D eigenvalue weighted by molar-refractivity contribution is 6.30. The minimum atomic E-state index is -0.0470. The normalized spacial score (nSPS) is 14.0. The van der Waals surface area contributed by atoms with Gasteiger partial charge in [-0.15, -0.1) is 0 Å². The topological polar surface area (TPSA) is 71.7 Å². The maximum atomic E-state index is 13.6. The molecule has 4 aromatic rings. The van der Waals surface area contributed by atoms with E-state index in [-0.39, 0.29) is 5.91 Å². The summed E-state index contributed by atoms with van der Waals surface area (Å²) in [7, 11) is 1.62. The number of anilines is 1. The Bertz CT molecular complexity index is 1310. The first-order valence-corrected chi connectivity index (χ1v) is 11.1. The maximum absolute atomic E-state index is 13.6. The van der Waals surface area contributed by atoms with Gasteiger partial charge in [-0.1, -0.05) is 22.8 Å². The van der Waals surface area contributed by atoms with Gasteiger partial charge in [-0.2, -0.15) is 0 Å². The number of hydrogen-bond acceptors (Lipinski definition) is 6. The molecule has 0 unspecified atom stereocenters. The average Bonchev–Trinajstić information content (AvgIpc) is 3.24. The fourth-order valence-electron chi connectivity index (χ4n) is 4.18. The van der Waals surface area contributed by atoms with Crippen LogP contribution in [0.1, 0.15) is 16.1 Å². The van der Waals surface area contributed by atoms with Crippen LogP contribution in [0.5, 0.6) is 5.75 Å². The number of methoxy groups -OCH3 is 1. The van der Waals surface area contributed by atoms with Crippen molar-refractivity contribution in [1.82, 2.24) is 15.0 Å². The standard InChI is InChI=1S/C25H23ClN4O3/c1-16-23-21(15-22(27-24(23)33-28-16)17-6-8-20(32-2)9-7-17)25(31)30-12-10-29(11-13-30)19-5-3-4-18(26)14-19/h3-9,14-15H,10-13H2,1-2H3. The Hall–Kier alpha value is -3.58. The van der Waals surface area contributed by atoms with E-state index in [1.54, 1.807) is 7.11 Å². The molecule has 1 aliphatic rings. The van der Waals surface area contributed by atoms with Gasteiger partial charge in [0, 0.05) is 42.5 Å². The number of carbonyl (C=O) groups is 1. The summed E-state index contributed by atoms with van der Waals surface area (Å²) >= 11 is 6.15. The summed E-state index contributed by atoms with van der Waals surface area (Å²) in [5.74, 6) is 0.707. The van der Waals surface area contributed by atoms with Crippen LogP contribution >= 0.6 is 11.6 Å². The molecule has 33 heavy (non-hydrogen) atoms. The molecule has 3 heterocycles. The number of hydrogen-bond donors (Lipinski definition) is 0. The fourth-order valence-corrected chi connectivity index (χ4v) is 4.37. The van der Waals surface area contributed by atoms with E-state index in [9.17, 15) is 4.79 Å². The van der Waals surface area contributed by atoms with Gasteiger partial charge in [-0.05, 0) is 55.5 Å². The molecule has 0 bridgehead atoms. The Kier molecular flexibility index (Phi) is 5.64. The lowest BCUT2D eigenvalue weighted by atomic mass is 10.0. The summed E-state index contributed by atoms with van der Waals surface area (Å²) in [6.07, 6.45) is 0. The van der Waals surface area contributed by atoms with Gasteiger partial charge in [-0.3, -0.25) is 4.79 Å². The summed E-state index contributed by atoms with van der Waals surface area (Å²) in [6, 6.07) is 17.2. The summed E-state index contributed by atoms with van der Waals surface area (Å²) in [4.78, 5) is 22.3. The minimum Gasteiger partial charge on any atom is -0.497 e. The van der Waals surface area contributed by atoms with E-state index < -0.39 is 0 Å². The average molecular weight is 463 g/mol. The van der Waals surface area contributed by atoms with E-state index in [0.29, 0.717) is 46.2 Å². The molecule has 2 aromatic heterocycles. The van der Waals surface area contributed by atoms with Crippen LogP contribution in [0.4, 0.5) is 5.69 Å². The number of benzene rings is 2. The highest BCUT2D eigenvalue weighted by Crippen LogP contribution is 2.29. The summed E-state index contributed by atoms with van der Waals surface area (Å²) in [6.45, 7) is 4.51. The highest BCUT2D eigenvalue weighted by Gasteiger charge is 2.26. The Morgan fingerprint density at radius 2 is 1.82 bits per heavy atom. The van der Waals surface area contributed by atoms with Gasteiger partial charge in [0.05, 0.1) is 29.4 Å². The lowest BCUT2D eigenvalue weighted by Gasteiger charge is -2.36. The molecule has 1 aliphatic heterocycles. The van der Waals surface area contributed by atoms with E-state index in [1.807, 2.05) is 66.4 Å². The number of aryl methyl sites for hydroxylation is 1. The third-order valence-corrected chi connectivity index (χ3v) is 6.21. The molecule has 0 saturated carbocycles. The third-order valence-electron chi connectivity index (χ3n) is 5.97. The predicted molar refractivity (Wildman–Crippen MR) is 128 cm³/mol. The second-order valence-electron chi connectivity index (χ2n) is 7.99. The van der Waals surface area contributed by atoms with Gasteiger partial charge in [0.25, 0.3) is 11.6 Å². The predicted octanol–water partition coefficient (Wildman–Crippen LogP) is 4.82. The smallest absolute Gasteiger partial charge is 0.259 e. The van der Waals surface area contributed by atoms with E-state index in [0.717, 1.165) is 30.1 Å². The van der Waals surface area contributed by atoms with Crippen LogP contribution in [0.25, 0.3) is 22.4 Å². The largest absolute Gasteiger partial charge is 0.497 e. The molecular weight excluding hydrogens is 440 g/mol. The first-order chi connectivity index (χ1) is 16.0. The number of carbonyl (C=O) groups excluding carboxylic acids is 1. The molecule has 5 rings (SSSR count). The van der Waals surface area contributed by atoms with Crippen LogP contribution in [0.15, 0.2) is 59.1 Å². The lowest BCUT2D eigenvalue weighted by Crippen LogP contribution is -2.48. The van der Waals surface area contributed by atoms with Crippen LogP contribution in [0, 0.1) is 6.92 Å². The van der Waals surface area contributed by atoms with Crippen molar-refractivity contribution >= 4 is 34.3 Å². The van der Waals surface area contributed by atoms with Crippen LogP contribution in [0.3, 0.4) is 0 Å². The number of ether oxygens (including phenoxy) is 1. The number of aromatic nitrogens is 2. The molecule has 168 valence electrons. The van der Waals surface area contributed by atoms with Crippen LogP contribution < -0.4 is 9.64 Å². The summed E-state index contributed by atoms with van der Waals surface area (Å²) in [5, 5.41) is 5.43. The van der Waals surface area contributed by atoms with Crippen LogP contribution in [-0.2, 0) is 0 Å². The number of piperazine rings is 1. The molecule has 0 spiro atoms. The molecular formula is C25H23ClN4O3. The zero-order valence-electron chi connectivity index (χ0n) is 18.4. The van der Waals surface area contributed by atoms with Gasteiger partial charge in [0.2, 0.25) is 0 Å². The first kappa shape index (κ1) is 21.3. The van der Waals surface area contributed by atoms with Crippen molar-refractivity contribution in [2.24, 2.45) is 0 Å². The summed E-state index contributed by atoms with van der Waals surface area (Å²) < 4.78 is 10.7. The maximum Gasteiger partial charge on any atom is 0.259 e. The second-order valence-corrected chi connectivity index (χ2v) is 8.43. The van der Waals surface area contributed by atoms with E-state index >= 15 is 0 Å². The zero-order valence-corrected chi connectivity index (χ0v) is 19.2. The molecule has 0 radical (unpaired) electrons. The van der Waals surface area contributed by atoms with Gasteiger partial charge in [0.1, 0.15) is 5.75 Å². The Morgan fingerprint density at radius 3 is 2.52 bits per heavy atom. The third kappa shape index (κ3) is 4.12. The van der Waals surface area contributed by atoms with E-state index in [4.69, 9.17) is 20.9 Å². The molecule has 0 atom stereocenters. The second kappa shape index (κ2) is 8.75. The SMILES string of the molecule is COc1ccc(-c2cc(C(=O)N3CCN(c4cccc(Cl)c4)CC3)c3c(C)noc3n2)cc1. The van der Waals surface area contributed by atoms with Crippen LogP contribution in [0.2, 0.25) is 5.02 Å². The Morgan fingerprint density at radius 1 is 1.06 bits per heavy atom. The van der Waals surface area contributed by atoms with Crippen molar-refractivity contribution in [3.63, 3.8) is 0 Å². The molecule has 2 aromatic carbocycles. The lowest BCUT2D eigenvalue weighted by molar-refractivity contribution is 0.0748. The van der Waals surface area contributed by atoms with Crippen molar-refractivity contribution in [3.05, 3.63) is 70.9 Å². The molecule has 1 fully saturated rings. The van der Waals surface area contributed by atoms with Crippen LogP contribution in [-0.4, -0.2) is 54.2 Å². The molecule has 8 heteroatoms. The molecule has 7 nitrogen and oxygen atoms in total. The molecule has 1 amide bonds. The Labute approximate surface area is 196 Å². The van der Waals surface area contributed by atoms with Gasteiger partial charge < -0.3 is 19.1 Å². The number of nitrogens with zero attached hydrogens (tertiary/aromatic N) is 4. The quantitative estimate of drug-likeness (QED) is 0.433. The number of halogens is 1. The fraction of sp³-hybridized carbons (Fsp3) is 0.240. The number of rotatable bonds is 4. The van der Waals surface area contributed by atoms with E-state index in [1.165, 1.54) is 0 Å². The zero-order chi connectivity index (χ0) is 22.9. The van der Waals surface area contributed by atoms with E-state index in [2.05, 4.69) is 15.0 Å². The van der Waals surface area contributed by atoms with Gasteiger partial charge in [-0.25, -0.2) is 4.98 Å². The monoisotopic (exact) mass is 462 g/mol. The Balaban J connectivity index is 1.43.